The smallest absolute Gasteiger partial charge is 0.155 e. The molecule has 1 aromatic rings. The molecule has 0 aliphatic heterocycles. The molecule has 1 rings (SSSR count). The Bertz CT molecular complexity index is 415. The van der Waals surface area contributed by atoms with E-state index in [1.54, 1.807) is 0 Å². The summed E-state index contributed by atoms with van der Waals surface area (Å²) in [7, 11) is 0. The first-order valence-corrected chi connectivity index (χ1v) is 7.41. The van der Waals surface area contributed by atoms with Gasteiger partial charge in [-0.15, -0.1) is 0 Å². The molecular formula is C16H25NO3. The van der Waals surface area contributed by atoms with Crippen LogP contribution in [0.1, 0.15) is 56.5 Å². The summed E-state index contributed by atoms with van der Waals surface area (Å²) in [6.45, 7) is 7.53. The summed E-state index contributed by atoms with van der Waals surface area (Å²) < 4.78 is 5.31. The normalized spacial score (nSPS) is 12.3. The molecule has 0 saturated carbocycles. The molecule has 112 valence electrons. The summed E-state index contributed by atoms with van der Waals surface area (Å²) in [5, 5.41) is 14.0. The van der Waals surface area contributed by atoms with Crippen molar-refractivity contribution >= 4 is 5.78 Å². The maximum atomic E-state index is 11.1. The largest absolute Gasteiger partial charge is 0.393 e. The Hall–Kier alpha value is -1.42. The highest BCUT2D eigenvalue weighted by Gasteiger charge is 2.15. The molecule has 20 heavy (non-hydrogen) atoms. The number of rotatable bonds is 10. The first kappa shape index (κ1) is 16.6. The van der Waals surface area contributed by atoms with Crippen LogP contribution in [0.5, 0.6) is 0 Å². The molecule has 0 saturated heterocycles. The molecule has 0 amide bonds. The molecule has 0 radical (unpaired) electrons. The summed E-state index contributed by atoms with van der Waals surface area (Å²) in [5.41, 5.74) is 2.15. The zero-order chi connectivity index (χ0) is 15.0. The van der Waals surface area contributed by atoms with Crippen LogP contribution in [0.3, 0.4) is 0 Å². The topological polar surface area (TPSA) is 63.3 Å². The lowest BCUT2D eigenvalue weighted by molar-refractivity contribution is -0.114. The van der Waals surface area contributed by atoms with E-state index < -0.39 is 0 Å². The minimum Gasteiger partial charge on any atom is -0.393 e. The van der Waals surface area contributed by atoms with E-state index in [1.807, 2.05) is 6.92 Å². The standard InChI is InChI=1S/C16H25NO3/c1-4-12(18)8-7-9-13(19)10-11-14-15(5-2)17-20-16(14)6-3/h4,13,19H,1,5-11H2,2-3H3. The van der Waals surface area contributed by atoms with Crippen LogP contribution >= 0.6 is 0 Å². The number of hydrogen-bond donors (Lipinski definition) is 1. The van der Waals surface area contributed by atoms with Gasteiger partial charge in [-0.2, -0.15) is 0 Å². The fraction of sp³-hybridized carbons (Fsp3) is 0.625. The molecule has 0 bridgehead atoms. The van der Waals surface area contributed by atoms with Crippen molar-refractivity contribution in [3.05, 3.63) is 29.7 Å². The quantitative estimate of drug-likeness (QED) is 0.669. The summed E-state index contributed by atoms with van der Waals surface area (Å²) in [4.78, 5) is 11.1. The van der Waals surface area contributed by atoms with E-state index in [-0.39, 0.29) is 11.9 Å². The molecule has 1 N–H and O–H groups in total. The molecule has 1 atom stereocenters. The maximum Gasteiger partial charge on any atom is 0.155 e. The number of hydrogen-bond acceptors (Lipinski definition) is 4. The molecule has 1 unspecified atom stereocenters. The van der Waals surface area contributed by atoms with E-state index in [4.69, 9.17) is 4.52 Å². The summed E-state index contributed by atoms with van der Waals surface area (Å²) >= 11 is 0. The number of allylic oxidation sites excluding steroid dienone is 1. The number of aliphatic hydroxyl groups is 1. The van der Waals surface area contributed by atoms with Crippen molar-refractivity contribution in [3.63, 3.8) is 0 Å². The Balaban J connectivity index is 2.40. The second kappa shape index (κ2) is 8.69. The van der Waals surface area contributed by atoms with Crippen molar-refractivity contribution in [1.82, 2.24) is 5.16 Å². The Morgan fingerprint density at radius 2 is 2.15 bits per heavy atom. The Morgan fingerprint density at radius 1 is 1.40 bits per heavy atom. The number of aliphatic hydroxyl groups excluding tert-OH is 1. The Kier molecular flexibility index (Phi) is 7.23. The molecular weight excluding hydrogens is 254 g/mol. The predicted molar refractivity (Wildman–Crippen MR) is 78.6 cm³/mol. The first-order valence-electron chi connectivity index (χ1n) is 7.41. The van der Waals surface area contributed by atoms with Crippen LogP contribution in [-0.4, -0.2) is 22.2 Å². The lowest BCUT2D eigenvalue weighted by atomic mass is 9.99. The van der Waals surface area contributed by atoms with Crippen LogP contribution in [0.2, 0.25) is 0 Å². The predicted octanol–water partition coefficient (Wildman–Crippen LogP) is 3.02. The zero-order valence-electron chi connectivity index (χ0n) is 12.5. The molecule has 0 aromatic carbocycles. The van der Waals surface area contributed by atoms with E-state index in [1.165, 1.54) is 6.08 Å². The van der Waals surface area contributed by atoms with Crippen molar-refractivity contribution < 1.29 is 14.4 Å². The summed E-state index contributed by atoms with van der Waals surface area (Å²) in [6, 6.07) is 0. The second-order valence-corrected chi connectivity index (χ2v) is 4.99. The molecule has 4 nitrogen and oxygen atoms in total. The number of aromatic nitrogens is 1. The molecule has 1 aromatic heterocycles. The van der Waals surface area contributed by atoms with Crippen LogP contribution in [0.25, 0.3) is 0 Å². The van der Waals surface area contributed by atoms with Crippen LogP contribution in [0, 0.1) is 0 Å². The van der Waals surface area contributed by atoms with Gasteiger partial charge in [-0.3, -0.25) is 4.79 Å². The van der Waals surface area contributed by atoms with Gasteiger partial charge >= 0.3 is 0 Å². The van der Waals surface area contributed by atoms with Gasteiger partial charge in [-0.25, -0.2) is 0 Å². The Labute approximate surface area is 120 Å². The average Bonchev–Trinajstić information content (AvgIpc) is 2.86. The third-order valence-electron chi connectivity index (χ3n) is 3.52. The van der Waals surface area contributed by atoms with Gasteiger partial charge in [0.2, 0.25) is 0 Å². The van der Waals surface area contributed by atoms with Gasteiger partial charge in [0.05, 0.1) is 11.8 Å². The molecule has 0 spiro atoms. The SMILES string of the molecule is C=CC(=O)CCCC(O)CCc1c(CC)noc1CC. The number of carbonyl (C=O) groups excluding carboxylic acids is 1. The van der Waals surface area contributed by atoms with E-state index in [0.29, 0.717) is 25.7 Å². The highest BCUT2D eigenvalue weighted by atomic mass is 16.5. The van der Waals surface area contributed by atoms with Crippen LogP contribution in [-0.2, 0) is 24.1 Å². The lowest BCUT2D eigenvalue weighted by Gasteiger charge is -2.10. The van der Waals surface area contributed by atoms with Crippen LogP contribution in [0.15, 0.2) is 17.2 Å². The highest BCUT2D eigenvalue weighted by Crippen LogP contribution is 2.19. The van der Waals surface area contributed by atoms with E-state index in [2.05, 4.69) is 18.7 Å². The summed E-state index contributed by atoms with van der Waals surface area (Å²) in [5.74, 6) is 0.966. The van der Waals surface area contributed by atoms with Gasteiger partial charge in [-0.1, -0.05) is 25.6 Å². The maximum absolute atomic E-state index is 11.1. The van der Waals surface area contributed by atoms with Crippen molar-refractivity contribution in [2.24, 2.45) is 0 Å². The molecule has 0 aliphatic carbocycles. The van der Waals surface area contributed by atoms with Gasteiger partial charge in [0, 0.05) is 18.4 Å². The average molecular weight is 279 g/mol. The van der Waals surface area contributed by atoms with Gasteiger partial charge in [0.25, 0.3) is 0 Å². The van der Waals surface area contributed by atoms with Crippen LogP contribution in [0.4, 0.5) is 0 Å². The van der Waals surface area contributed by atoms with Gasteiger partial charge in [0.15, 0.2) is 5.78 Å². The molecule has 0 fully saturated rings. The van der Waals surface area contributed by atoms with Crippen molar-refractivity contribution in [2.75, 3.05) is 0 Å². The van der Waals surface area contributed by atoms with Gasteiger partial charge in [-0.05, 0) is 38.2 Å². The number of nitrogens with zero attached hydrogens (tertiary/aromatic N) is 1. The van der Waals surface area contributed by atoms with E-state index >= 15 is 0 Å². The van der Waals surface area contributed by atoms with Gasteiger partial charge in [0.1, 0.15) is 5.76 Å². The molecule has 1 heterocycles. The molecule has 0 aliphatic rings. The monoisotopic (exact) mass is 279 g/mol. The molecule has 4 heteroatoms. The third-order valence-corrected chi connectivity index (χ3v) is 3.52. The number of ketones is 1. The van der Waals surface area contributed by atoms with Crippen molar-refractivity contribution in [1.29, 1.82) is 0 Å². The van der Waals surface area contributed by atoms with Gasteiger partial charge < -0.3 is 9.63 Å². The lowest BCUT2D eigenvalue weighted by Crippen LogP contribution is -2.09. The minimum atomic E-state index is -0.378. The highest BCUT2D eigenvalue weighted by molar-refractivity contribution is 5.88. The van der Waals surface area contributed by atoms with Crippen molar-refractivity contribution in [2.45, 2.75) is 64.9 Å². The van der Waals surface area contributed by atoms with E-state index in [9.17, 15) is 9.90 Å². The number of aryl methyl sites for hydroxylation is 2. The number of carbonyl (C=O) groups is 1. The van der Waals surface area contributed by atoms with Crippen molar-refractivity contribution in [3.8, 4) is 0 Å². The zero-order valence-corrected chi connectivity index (χ0v) is 12.5. The van der Waals surface area contributed by atoms with Crippen LogP contribution < -0.4 is 0 Å². The third kappa shape index (κ3) is 4.93. The van der Waals surface area contributed by atoms with E-state index in [0.717, 1.165) is 36.3 Å². The fourth-order valence-electron chi connectivity index (χ4n) is 2.29. The Morgan fingerprint density at radius 3 is 2.75 bits per heavy atom. The summed E-state index contributed by atoms with van der Waals surface area (Å²) in [6.07, 6.45) is 5.92. The second-order valence-electron chi connectivity index (χ2n) is 4.99. The fourth-order valence-corrected chi connectivity index (χ4v) is 2.29. The first-order chi connectivity index (χ1) is 9.62. The minimum absolute atomic E-state index is 0.0396.